The lowest BCUT2D eigenvalue weighted by Crippen LogP contribution is -2.54. The molecule has 0 atom stereocenters. The summed E-state index contributed by atoms with van der Waals surface area (Å²) in [6.07, 6.45) is -5.44. The lowest BCUT2D eigenvalue weighted by atomic mass is 9.90. The molecule has 1 fully saturated rings. The molecule has 2 aliphatic heterocycles. The Morgan fingerprint density at radius 2 is 1.70 bits per heavy atom. The smallest absolute Gasteiger partial charge is 0.417 e. The highest BCUT2D eigenvalue weighted by Crippen LogP contribution is 2.43. The third-order valence-electron chi connectivity index (χ3n) is 6.15. The summed E-state index contributed by atoms with van der Waals surface area (Å²) in [7, 11) is 2.61. The summed E-state index contributed by atoms with van der Waals surface area (Å²) >= 11 is 0. The molecule has 178 valence electrons. The second-order valence-electron chi connectivity index (χ2n) is 8.02. The standard InChI is InChI=1S/C22H22F5N3O3/c1-29-17-4-3-13(11-18(17)33-12-19(29)31)28-14-9-15(23)20(16(24)10-14)30-7-5-21(32-2,6-8-30)22(25,26)27/h3-4,9-11,28H,5-8,12H2,1-2H3. The predicted octanol–water partition coefficient (Wildman–Crippen LogP) is 4.61. The number of rotatable bonds is 4. The van der Waals surface area contributed by atoms with Gasteiger partial charge in [0.05, 0.1) is 5.69 Å². The molecule has 0 spiro atoms. The van der Waals surface area contributed by atoms with Crippen molar-refractivity contribution in [2.24, 2.45) is 0 Å². The zero-order chi connectivity index (χ0) is 24.0. The van der Waals surface area contributed by atoms with Crippen LogP contribution in [0.4, 0.5) is 44.7 Å². The topological polar surface area (TPSA) is 54.0 Å². The minimum Gasteiger partial charge on any atom is -0.481 e. The Hall–Kier alpha value is -3.08. The first kappa shape index (κ1) is 23.1. The molecule has 2 aromatic carbocycles. The van der Waals surface area contributed by atoms with Gasteiger partial charge in [-0.3, -0.25) is 4.79 Å². The van der Waals surface area contributed by atoms with Crippen LogP contribution in [0.25, 0.3) is 0 Å². The van der Waals surface area contributed by atoms with Crippen LogP contribution in [0.1, 0.15) is 12.8 Å². The number of halogens is 5. The number of amides is 1. The van der Waals surface area contributed by atoms with Gasteiger partial charge in [0, 0.05) is 57.5 Å². The molecule has 2 aromatic rings. The summed E-state index contributed by atoms with van der Waals surface area (Å²) in [6, 6.07) is 7.04. The van der Waals surface area contributed by atoms with Crippen LogP contribution in [-0.4, -0.2) is 51.5 Å². The van der Waals surface area contributed by atoms with Crippen molar-refractivity contribution in [2.45, 2.75) is 24.6 Å². The SMILES string of the molecule is COC1(C(F)(F)F)CCN(c2c(F)cc(Nc3ccc4c(c3)OCC(=O)N4C)cc2F)CC1. The summed E-state index contributed by atoms with van der Waals surface area (Å²) in [5, 5.41) is 2.88. The Labute approximate surface area is 186 Å². The van der Waals surface area contributed by atoms with Gasteiger partial charge in [0.15, 0.2) is 23.8 Å². The van der Waals surface area contributed by atoms with Crippen molar-refractivity contribution in [2.75, 3.05) is 49.0 Å². The van der Waals surface area contributed by atoms with Gasteiger partial charge in [0.2, 0.25) is 0 Å². The van der Waals surface area contributed by atoms with E-state index < -0.39 is 36.3 Å². The van der Waals surface area contributed by atoms with Crippen LogP contribution in [0.3, 0.4) is 0 Å². The van der Waals surface area contributed by atoms with Crippen LogP contribution in [-0.2, 0) is 9.53 Å². The first-order valence-corrected chi connectivity index (χ1v) is 10.2. The lowest BCUT2D eigenvalue weighted by Gasteiger charge is -2.42. The average Bonchev–Trinajstić information content (AvgIpc) is 2.75. The number of hydrogen-bond donors (Lipinski definition) is 1. The molecule has 1 amide bonds. The monoisotopic (exact) mass is 471 g/mol. The first-order chi connectivity index (χ1) is 15.5. The molecular formula is C22H22F5N3O3. The van der Waals surface area contributed by atoms with Crippen molar-refractivity contribution < 1.29 is 36.2 Å². The maximum atomic E-state index is 14.8. The van der Waals surface area contributed by atoms with E-state index in [0.717, 1.165) is 19.2 Å². The first-order valence-electron chi connectivity index (χ1n) is 10.2. The number of anilines is 4. The highest BCUT2D eigenvalue weighted by molar-refractivity contribution is 5.97. The van der Waals surface area contributed by atoms with Gasteiger partial charge in [-0.05, 0) is 24.3 Å². The molecule has 0 saturated carbocycles. The highest BCUT2D eigenvalue weighted by Gasteiger charge is 2.56. The molecule has 1 N–H and O–H groups in total. The van der Waals surface area contributed by atoms with E-state index in [1.54, 1.807) is 25.2 Å². The van der Waals surface area contributed by atoms with E-state index in [4.69, 9.17) is 9.47 Å². The Bertz CT molecular complexity index is 1040. The molecule has 0 aliphatic carbocycles. The number of benzene rings is 2. The van der Waals surface area contributed by atoms with E-state index in [1.165, 1.54) is 9.80 Å². The van der Waals surface area contributed by atoms with Gasteiger partial charge < -0.3 is 24.6 Å². The van der Waals surface area contributed by atoms with Crippen molar-refractivity contribution in [1.29, 1.82) is 0 Å². The van der Waals surface area contributed by atoms with Crippen LogP contribution in [0, 0.1) is 11.6 Å². The van der Waals surface area contributed by atoms with Crippen molar-refractivity contribution in [3.63, 3.8) is 0 Å². The number of methoxy groups -OCH3 is 1. The summed E-state index contributed by atoms with van der Waals surface area (Å²) in [5.74, 6) is -1.54. The predicted molar refractivity (Wildman–Crippen MR) is 112 cm³/mol. The van der Waals surface area contributed by atoms with E-state index in [9.17, 15) is 26.7 Å². The van der Waals surface area contributed by atoms with Crippen molar-refractivity contribution >= 4 is 28.7 Å². The molecule has 1 saturated heterocycles. The van der Waals surface area contributed by atoms with Gasteiger partial charge in [-0.2, -0.15) is 13.2 Å². The van der Waals surface area contributed by atoms with Crippen molar-refractivity contribution in [1.82, 2.24) is 0 Å². The third-order valence-corrected chi connectivity index (χ3v) is 6.15. The van der Waals surface area contributed by atoms with E-state index in [2.05, 4.69) is 5.32 Å². The molecule has 2 heterocycles. The number of nitrogens with zero attached hydrogens (tertiary/aromatic N) is 2. The molecule has 2 aliphatic rings. The molecule has 33 heavy (non-hydrogen) atoms. The van der Waals surface area contributed by atoms with Gasteiger partial charge in [-0.15, -0.1) is 0 Å². The minimum atomic E-state index is -4.57. The van der Waals surface area contributed by atoms with Gasteiger partial charge in [0.25, 0.3) is 5.91 Å². The second-order valence-corrected chi connectivity index (χ2v) is 8.02. The number of likely N-dealkylation sites (N-methyl/N-ethyl adjacent to an activating group) is 1. The zero-order valence-electron chi connectivity index (χ0n) is 17.9. The number of nitrogens with one attached hydrogen (secondary N) is 1. The number of piperidine rings is 1. The Morgan fingerprint density at radius 1 is 1.06 bits per heavy atom. The van der Waals surface area contributed by atoms with Crippen LogP contribution < -0.4 is 19.9 Å². The number of hydrogen-bond acceptors (Lipinski definition) is 5. The van der Waals surface area contributed by atoms with E-state index in [1.807, 2.05) is 0 Å². The third kappa shape index (κ3) is 4.17. The fourth-order valence-corrected chi connectivity index (χ4v) is 4.16. The zero-order valence-corrected chi connectivity index (χ0v) is 17.9. The quantitative estimate of drug-likeness (QED) is 0.661. The maximum absolute atomic E-state index is 14.8. The number of ether oxygens (including phenoxy) is 2. The molecule has 0 radical (unpaired) electrons. The van der Waals surface area contributed by atoms with Gasteiger partial charge in [-0.1, -0.05) is 0 Å². The van der Waals surface area contributed by atoms with Crippen molar-refractivity contribution in [3.05, 3.63) is 42.0 Å². The molecule has 6 nitrogen and oxygen atoms in total. The highest BCUT2D eigenvalue weighted by atomic mass is 19.4. The Balaban J connectivity index is 1.51. The number of fused-ring (bicyclic) bond motifs is 1. The lowest BCUT2D eigenvalue weighted by molar-refractivity contribution is -0.276. The Morgan fingerprint density at radius 3 is 2.27 bits per heavy atom. The number of alkyl halides is 3. The second kappa shape index (κ2) is 8.36. The van der Waals surface area contributed by atoms with E-state index in [0.29, 0.717) is 17.1 Å². The van der Waals surface area contributed by atoms with Crippen molar-refractivity contribution in [3.8, 4) is 5.75 Å². The number of carbonyl (C=O) groups excluding carboxylic acids is 1. The van der Waals surface area contributed by atoms with Gasteiger partial charge in [0.1, 0.15) is 11.4 Å². The van der Waals surface area contributed by atoms with Crippen LogP contribution in [0.15, 0.2) is 30.3 Å². The normalized spacial score (nSPS) is 18.1. The number of carbonyl (C=O) groups is 1. The summed E-state index contributed by atoms with van der Waals surface area (Å²) in [6.45, 7) is -0.524. The molecule has 0 unspecified atom stereocenters. The largest absolute Gasteiger partial charge is 0.481 e. The fraction of sp³-hybridized carbons (Fsp3) is 0.409. The fourth-order valence-electron chi connectivity index (χ4n) is 4.16. The molecule has 0 aromatic heterocycles. The summed E-state index contributed by atoms with van der Waals surface area (Å²) in [4.78, 5) is 14.4. The van der Waals surface area contributed by atoms with E-state index in [-0.39, 0.29) is 37.0 Å². The molecule has 11 heteroatoms. The summed E-state index contributed by atoms with van der Waals surface area (Å²) in [5.41, 5.74) is -1.52. The Kier molecular flexibility index (Phi) is 5.85. The van der Waals surface area contributed by atoms with Gasteiger partial charge in [-0.25, -0.2) is 8.78 Å². The van der Waals surface area contributed by atoms with E-state index >= 15 is 0 Å². The van der Waals surface area contributed by atoms with Gasteiger partial charge >= 0.3 is 6.18 Å². The van der Waals surface area contributed by atoms with Crippen LogP contribution in [0.2, 0.25) is 0 Å². The van der Waals surface area contributed by atoms with Crippen LogP contribution >= 0.6 is 0 Å². The molecule has 0 bridgehead atoms. The minimum absolute atomic E-state index is 0.112. The molecule has 4 rings (SSSR count). The maximum Gasteiger partial charge on any atom is 0.417 e. The van der Waals surface area contributed by atoms with Crippen LogP contribution in [0.5, 0.6) is 5.75 Å². The molecular weight excluding hydrogens is 449 g/mol. The summed E-state index contributed by atoms with van der Waals surface area (Å²) < 4.78 is 79.9. The average molecular weight is 471 g/mol.